The van der Waals surface area contributed by atoms with Crippen LogP contribution < -0.4 is 15.5 Å². The maximum Gasteiger partial charge on any atom is 0.248 e. The zero-order valence-corrected chi connectivity index (χ0v) is 27.4. The zero-order chi connectivity index (χ0) is 32.2. The monoisotopic (exact) mass is 617 g/mol. The Kier molecular flexibility index (Phi) is 9.25. The van der Waals surface area contributed by atoms with Crippen molar-refractivity contribution >= 4 is 39.9 Å². The predicted molar refractivity (Wildman–Crippen MR) is 186 cm³/mol. The van der Waals surface area contributed by atoms with Gasteiger partial charge in [0.25, 0.3) is 0 Å². The molecule has 0 bridgehead atoms. The number of aromatic nitrogens is 5. The summed E-state index contributed by atoms with van der Waals surface area (Å²) in [5.74, 6) is 2.26. The minimum atomic E-state index is -0.161. The highest BCUT2D eigenvalue weighted by atomic mass is 16.1. The van der Waals surface area contributed by atoms with E-state index in [4.69, 9.17) is 15.0 Å². The van der Waals surface area contributed by atoms with Crippen LogP contribution in [0, 0.1) is 5.92 Å². The van der Waals surface area contributed by atoms with Gasteiger partial charge in [0, 0.05) is 66.0 Å². The molecule has 5 aromatic rings. The molecule has 4 heterocycles. The number of carbonyl (C=O) groups excluding carboxylic acids is 1. The Bertz CT molecular complexity index is 1870. The third kappa shape index (κ3) is 6.72. The third-order valence-corrected chi connectivity index (χ3v) is 8.59. The highest BCUT2D eigenvalue weighted by Crippen LogP contribution is 2.33. The van der Waals surface area contributed by atoms with E-state index < -0.39 is 0 Å². The fourth-order valence-electron chi connectivity index (χ4n) is 5.91. The van der Waals surface area contributed by atoms with Gasteiger partial charge in [0.05, 0.1) is 11.9 Å². The minimum absolute atomic E-state index is 0.161. The van der Waals surface area contributed by atoms with Gasteiger partial charge in [0.2, 0.25) is 17.8 Å². The average Bonchev–Trinajstić information content (AvgIpc) is 3.49. The Morgan fingerprint density at radius 2 is 1.85 bits per heavy atom. The number of anilines is 3. The Hall–Kier alpha value is -4.83. The molecule has 0 saturated carbocycles. The Labute approximate surface area is 270 Å². The van der Waals surface area contributed by atoms with Crippen molar-refractivity contribution < 1.29 is 4.79 Å². The van der Waals surface area contributed by atoms with Crippen molar-refractivity contribution in [2.45, 2.75) is 46.1 Å². The smallest absolute Gasteiger partial charge is 0.248 e. The average molecular weight is 618 g/mol. The highest BCUT2D eigenvalue weighted by Gasteiger charge is 2.22. The number of amides is 1. The lowest BCUT2D eigenvalue weighted by Gasteiger charge is -2.30. The van der Waals surface area contributed by atoms with Crippen LogP contribution in [0.25, 0.3) is 27.7 Å². The van der Waals surface area contributed by atoms with E-state index in [1.54, 1.807) is 12.3 Å². The molecule has 1 saturated heterocycles. The maximum absolute atomic E-state index is 12.7. The molecule has 46 heavy (non-hydrogen) atoms. The summed E-state index contributed by atoms with van der Waals surface area (Å²) < 4.78 is 1.83. The Balaban J connectivity index is 1.31. The Morgan fingerprint density at radius 3 is 2.63 bits per heavy atom. The largest absolute Gasteiger partial charge is 0.350 e. The summed E-state index contributed by atoms with van der Waals surface area (Å²) in [4.78, 5) is 31.8. The minimum Gasteiger partial charge on any atom is -0.350 e. The lowest BCUT2D eigenvalue weighted by Crippen LogP contribution is -2.34. The summed E-state index contributed by atoms with van der Waals surface area (Å²) in [5, 5.41) is 13.2. The number of benzene rings is 2. The van der Waals surface area contributed by atoms with Crippen molar-refractivity contribution in [3.63, 3.8) is 0 Å². The highest BCUT2D eigenvalue weighted by molar-refractivity contribution is 6.08. The van der Waals surface area contributed by atoms with Gasteiger partial charge in [-0.3, -0.25) is 9.78 Å². The molecule has 10 nitrogen and oxygen atoms in total. The molecular formula is C36H43N9O. The number of nitrogens with one attached hydrogen (secondary N) is 2. The lowest BCUT2D eigenvalue weighted by molar-refractivity contribution is -0.111. The topological polar surface area (TPSA) is 104 Å². The molecular weight excluding hydrogens is 574 g/mol. The summed E-state index contributed by atoms with van der Waals surface area (Å²) in [6.07, 6.45) is 9.41. The van der Waals surface area contributed by atoms with Crippen LogP contribution in [-0.2, 0) is 11.3 Å². The van der Waals surface area contributed by atoms with Crippen molar-refractivity contribution in [1.29, 1.82) is 0 Å². The third-order valence-electron chi connectivity index (χ3n) is 8.59. The summed E-state index contributed by atoms with van der Waals surface area (Å²) >= 11 is 0. The molecule has 0 spiro atoms. The van der Waals surface area contributed by atoms with Gasteiger partial charge in [-0.05, 0) is 56.5 Å². The fourth-order valence-corrected chi connectivity index (χ4v) is 5.91. The van der Waals surface area contributed by atoms with Gasteiger partial charge in [-0.2, -0.15) is 19.6 Å². The van der Waals surface area contributed by atoms with Crippen LogP contribution in [0.3, 0.4) is 0 Å². The standard InChI is InChI=1S/C36H43N9O/c1-24(2)30-23-39-45-34(30)41-36(44-20-16-25(3)17-21-44)42-35(45)38-22-26-10-6-7-11-27(26)33-29-12-8-13-31(28(29)15-18-37-33)40-32(46)14-9-19-43(4)5/h6-15,18,23-25H,16-17,19-22H2,1-5H3,(H,40,46)(H,38,41,42)/b14-9+. The number of piperidine rings is 1. The molecule has 2 N–H and O–H groups in total. The first-order valence-corrected chi connectivity index (χ1v) is 16.1. The van der Waals surface area contributed by atoms with E-state index in [9.17, 15) is 4.79 Å². The summed E-state index contributed by atoms with van der Waals surface area (Å²) in [5.41, 5.74) is 5.63. The number of fused-ring (bicyclic) bond motifs is 2. The maximum atomic E-state index is 12.7. The van der Waals surface area contributed by atoms with Crippen molar-refractivity contribution in [1.82, 2.24) is 29.5 Å². The summed E-state index contributed by atoms with van der Waals surface area (Å²) in [7, 11) is 3.94. The zero-order valence-electron chi connectivity index (χ0n) is 27.4. The fraction of sp³-hybridized carbons (Fsp3) is 0.361. The van der Waals surface area contributed by atoms with Crippen molar-refractivity contribution in [2.24, 2.45) is 5.92 Å². The van der Waals surface area contributed by atoms with Crippen LogP contribution in [0.1, 0.15) is 50.7 Å². The molecule has 1 aliphatic rings. The van der Waals surface area contributed by atoms with Gasteiger partial charge in [0.15, 0.2) is 5.65 Å². The number of hydrogen-bond acceptors (Lipinski definition) is 8. The van der Waals surface area contributed by atoms with Crippen molar-refractivity contribution in [3.8, 4) is 11.3 Å². The van der Waals surface area contributed by atoms with Gasteiger partial charge in [-0.15, -0.1) is 0 Å². The second-order valence-corrected chi connectivity index (χ2v) is 12.7. The normalized spacial score (nSPS) is 14.3. The molecule has 6 rings (SSSR count). The number of carbonyl (C=O) groups is 1. The first-order valence-electron chi connectivity index (χ1n) is 16.1. The van der Waals surface area contributed by atoms with Crippen molar-refractivity contribution in [2.75, 3.05) is 49.3 Å². The van der Waals surface area contributed by atoms with Crippen LogP contribution in [0.15, 0.2) is 73.1 Å². The number of rotatable bonds is 10. The van der Waals surface area contributed by atoms with Gasteiger partial charge in [0.1, 0.15) is 0 Å². The van der Waals surface area contributed by atoms with Crippen LogP contribution >= 0.6 is 0 Å². The first kappa shape index (κ1) is 31.2. The molecule has 1 fully saturated rings. The SMILES string of the molecule is CC1CCN(c2nc(NCc3ccccc3-c3nccc4c(NC(=O)/C=C/CN(C)C)cccc34)n3ncc(C(C)C)c3n2)CC1. The second kappa shape index (κ2) is 13.7. The molecule has 1 aliphatic heterocycles. The molecule has 10 heteroatoms. The molecule has 1 amide bonds. The lowest BCUT2D eigenvalue weighted by atomic mass is 9.98. The number of likely N-dealkylation sites (N-methyl/N-ethyl adjacent to an activating group) is 1. The quantitative estimate of drug-likeness (QED) is 0.174. The molecule has 3 aromatic heterocycles. The van der Waals surface area contributed by atoms with E-state index in [0.717, 1.165) is 82.3 Å². The van der Waals surface area contributed by atoms with Crippen LogP contribution in [-0.4, -0.2) is 69.1 Å². The van der Waals surface area contributed by atoms with Gasteiger partial charge >= 0.3 is 0 Å². The van der Waals surface area contributed by atoms with E-state index >= 15 is 0 Å². The van der Waals surface area contributed by atoms with Crippen molar-refractivity contribution in [3.05, 3.63) is 84.2 Å². The van der Waals surface area contributed by atoms with E-state index in [-0.39, 0.29) is 11.8 Å². The van der Waals surface area contributed by atoms with Gasteiger partial charge in [-0.25, -0.2) is 0 Å². The van der Waals surface area contributed by atoms with Crippen LogP contribution in [0.4, 0.5) is 17.6 Å². The van der Waals surface area contributed by atoms with Gasteiger partial charge in [-0.1, -0.05) is 63.2 Å². The summed E-state index contributed by atoms with van der Waals surface area (Å²) in [6.45, 7) is 9.76. The number of pyridine rings is 1. The first-order chi connectivity index (χ1) is 22.3. The number of hydrogen-bond donors (Lipinski definition) is 2. The van der Waals surface area contributed by atoms with E-state index in [1.165, 1.54) is 0 Å². The summed E-state index contributed by atoms with van der Waals surface area (Å²) in [6, 6.07) is 16.2. The molecule has 0 unspecified atom stereocenters. The van der Waals surface area contributed by atoms with Crippen LogP contribution in [0.2, 0.25) is 0 Å². The van der Waals surface area contributed by atoms with Gasteiger partial charge < -0.3 is 20.4 Å². The van der Waals surface area contributed by atoms with E-state index in [0.29, 0.717) is 19.0 Å². The molecule has 238 valence electrons. The van der Waals surface area contributed by atoms with E-state index in [1.807, 2.05) is 66.1 Å². The predicted octanol–water partition coefficient (Wildman–Crippen LogP) is 6.37. The Morgan fingerprint density at radius 1 is 1.04 bits per heavy atom. The molecule has 2 aromatic carbocycles. The molecule has 0 aliphatic carbocycles. The molecule has 0 atom stereocenters. The molecule has 0 radical (unpaired) electrons. The number of nitrogens with zero attached hydrogens (tertiary/aromatic N) is 7. The second-order valence-electron chi connectivity index (χ2n) is 12.7. The van der Waals surface area contributed by atoms with E-state index in [2.05, 4.69) is 59.6 Å². The van der Waals surface area contributed by atoms with Crippen LogP contribution in [0.5, 0.6) is 0 Å².